The van der Waals surface area contributed by atoms with Gasteiger partial charge in [-0.25, -0.2) is 9.18 Å². The van der Waals surface area contributed by atoms with Crippen molar-refractivity contribution in [2.75, 3.05) is 0 Å². The van der Waals surface area contributed by atoms with Gasteiger partial charge >= 0.3 is 5.97 Å². The van der Waals surface area contributed by atoms with E-state index in [4.69, 9.17) is 10.8 Å². The Morgan fingerprint density at radius 3 is 2.32 bits per heavy atom. The van der Waals surface area contributed by atoms with E-state index in [1.807, 2.05) is 19.1 Å². The summed E-state index contributed by atoms with van der Waals surface area (Å²) in [6.07, 6.45) is 0. The molecule has 0 aliphatic heterocycles. The van der Waals surface area contributed by atoms with E-state index in [1.165, 1.54) is 18.2 Å². The van der Waals surface area contributed by atoms with E-state index in [0.29, 0.717) is 11.1 Å². The second-order valence-electron chi connectivity index (χ2n) is 6.61. The highest BCUT2D eigenvalue weighted by atomic mass is 19.1. The first-order chi connectivity index (χ1) is 14.7. The number of carbonyl (C=O) groups is 2. The molecule has 0 bridgehead atoms. The minimum Gasteiger partial charge on any atom is -0.478 e. The van der Waals surface area contributed by atoms with Crippen molar-refractivity contribution in [3.8, 4) is 11.1 Å². The Labute approximate surface area is 175 Å². The fourth-order valence-electron chi connectivity index (χ4n) is 3.00. The second-order valence-corrected chi connectivity index (χ2v) is 6.61. The molecule has 0 radical (unpaired) electrons. The average molecular weight is 421 g/mol. The number of hydrogen-bond acceptors (Lipinski definition) is 4. The number of nitrogens with two attached hydrogens (primary N) is 1. The van der Waals surface area contributed by atoms with Gasteiger partial charge in [-0.05, 0) is 42.3 Å². The number of nitro benzene ring substituents is 1. The van der Waals surface area contributed by atoms with E-state index in [1.54, 1.807) is 12.1 Å². The average Bonchev–Trinajstić information content (AvgIpc) is 2.73. The molecule has 0 saturated heterocycles. The molecule has 9 heteroatoms. The van der Waals surface area contributed by atoms with Gasteiger partial charge in [0.2, 0.25) is 0 Å². The van der Waals surface area contributed by atoms with Crippen LogP contribution in [0.15, 0.2) is 65.7 Å². The van der Waals surface area contributed by atoms with Gasteiger partial charge in [-0.2, -0.15) is 4.99 Å². The van der Waals surface area contributed by atoms with Crippen molar-refractivity contribution in [2.45, 2.75) is 6.92 Å². The van der Waals surface area contributed by atoms with E-state index in [0.717, 1.165) is 23.8 Å². The lowest BCUT2D eigenvalue weighted by atomic mass is 9.97. The van der Waals surface area contributed by atoms with Crippen LogP contribution in [0.3, 0.4) is 0 Å². The van der Waals surface area contributed by atoms with E-state index >= 15 is 0 Å². The third kappa shape index (κ3) is 4.45. The Bertz CT molecular complexity index is 1250. The summed E-state index contributed by atoms with van der Waals surface area (Å²) in [5.74, 6) is -3.70. The van der Waals surface area contributed by atoms with Crippen molar-refractivity contribution in [3.05, 3.63) is 98.8 Å². The van der Waals surface area contributed by atoms with Crippen LogP contribution in [0.5, 0.6) is 0 Å². The molecular formula is C22H16FN3O5. The maximum atomic E-state index is 13.9. The number of aliphatic imine (C=N–C) groups is 1. The number of nitro groups is 1. The van der Waals surface area contributed by atoms with Crippen molar-refractivity contribution in [1.82, 2.24) is 0 Å². The first-order valence-corrected chi connectivity index (χ1v) is 8.95. The number of hydrogen-bond donors (Lipinski definition) is 2. The smallest absolute Gasteiger partial charge is 0.338 e. The molecule has 0 aliphatic carbocycles. The molecule has 3 N–H and O–H groups in total. The maximum Gasteiger partial charge on any atom is 0.338 e. The summed E-state index contributed by atoms with van der Waals surface area (Å²) in [6.45, 7) is 1.82. The van der Waals surface area contributed by atoms with Crippen LogP contribution in [0, 0.1) is 22.9 Å². The Kier molecular flexibility index (Phi) is 5.87. The second kappa shape index (κ2) is 8.54. The molecule has 0 spiro atoms. The third-order valence-electron chi connectivity index (χ3n) is 4.59. The number of carboxylic acids is 1. The number of rotatable bonds is 5. The van der Waals surface area contributed by atoms with E-state index in [2.05, 4.69) is 4.99 Å². The van der Waals surface area contributed by atoms with E-state index in [9.17, 15) is 24.1 Å². The summed E-state index contributed by atoms with van der Waals surface area (Å²) in [7, 11) is 0. The molecule has 0 saturated carbocycles. The SMILES string of the molecule is Cc1ccccc1-c1ccc(C(=O)N=C(N)c2ccc(C(=O)O)c(F)c2)cc1[N+](=O)[O-]. The van der Waals surface area contributed by atoms with Crippen LogP contribution in [-0.2, 0) is 0 Å². The van der Waals surface area contributed by atoms with Crippen LogP contribution in [-0.4, -0.2) is 27.7 Å². The Morgan fingerprint density at radius 1 is 1.03 bits per heavy atom. The minimum atomic E-state index is -1.45. The number of aromatic carboxylic acids is 1. The first kappa shape index (κ1) is 21.3. The van der Waals surface area contributed by atoms with Crippen molar-refractivity contribution in [1.29, 1.82) is 0 Å². The maximum absolute atomic E-state index is 13.9. The van der Waals surface area contributed by atoms with Crippen LogP contribution in [0.2, 0.25) is 0 Å². The molecule has 3 rings (SSSR count). The number of halogens is 1. The quantitative estimate of drug-likeness (QED) is 0.277. The van der Waals surface area contributed by atoms with Gasteiger partial charge in [-0.15, -0.1) is 0 Å². The number of benzene rings is 3. The Balaban J connectivity index is 1.97. The zero-order valence-electron chi connectivity index (χ0n) is 16.2. The molecule has 0 unspecified atom stereocenters. The zero-order valence-corrected chi connectivity index (χ0v) is 16.2. The van der Waals surface area contributed by atoms with Crippen LogP contribution in [0.4, 0.5) is 10.1 Å². The molecule has 0 atom stereocenters. The predicted molar refractivity (Wildman–Crippen MR) is 112 cm³/mol. The molecule has 0 heterocycles. The summed E-state index contributed by atoms with van der Waals surface area (Å²) < 4.78 is 13.9. The standard InChI is InChI=1S/C22H16FN3O5/c1-12-4-2-3-5-15(12)16-8-7-14(11-19(16)26(30)31)21(27)25-20(24)13-6-9-17(22(28)29)18(23)10-13/h2-11H,1H3,(H,28,29)(H2,24,25,27). The molecule has 8 nitrogen and oxygen atoms in total. The topological polar surface area (TPSA) is 136 Å². The van der Waals surface area contributed by atoms with Crippen molar-refractivity contribution in [2.24, 2.45) is 10.7 Å². The summed E-state index contributed by atoms with van der Waals surface area (Å²) >= 11 is 0. The highest BCUT2D eigenvalue weighted by Gasteiger charge is 2.20. The van der Waals surface area contributed by atoms with Crippen LogP contribution in [0.25, 0.3) is 11.1 Å². The Hall–Kier alpha value is -4.40. The molecular weight excluding hydrogens is 405 g/mol. The molecule has 3 aromatic carbocycles. The number of carboxylic acid groups (broad SMARTS) is 1. The molecule has 0 aromatic heterocycles. The lowest BCUT2D eigenvalue weighted by Gasteiger charge is -2.08. The summed E-state index contributed by atoms with van der Waals surface area (Å²) in [5.41, 5.74) is 6.69. The largest absolute Gasteiger partial charge is 0.478 e. The van der Waals surface area contributed by atoms with Gasteiger partial charge in [0.25, 0.3) is 11.6 Å². The highest BCUT2D eigenvalue weighted by molar-refractivity contribution is 6.09. The van der Waals surface area contributed by atoms with Gasteiger partial charge in [-0.3, -0.25) is 14.9 Å². The fourth-order valence-corrected chi connectivity index (χ4v) is 3.00. The number of amides is 1. The zero-order chi connectivity index (χ0) is 22.7. The fraction of sp³-hybridized carbons (Fsp3) is 0.0455. The predicted octanol–water partition coefficient (Wildman–Crippen LogP) is 3.95. The lowest BCUT2D eigenvalue weighted by molar-refractivity contribution is -0.384. The molecule has 0 aliphatic rings. The van der Waals surface area contributed by atoms with Crippen molar-refractivity contribution in [3.63, 3.8) is 0 Å². The van der Waals surface area contributed by atoms with Gasteiger partial charge in [-0.1, -0.05) is 30.3 Å². The van der Waals surface area contributed by atoms with Crippen LogP contribution < -0.4 is 5.73 Å². The van der Waals surface area contributed by atoms with Gasteiger partial charge in [0.15, 0.2) is 0 Å². The van der Waals surface area contributed by atoms with E-state index < -0.39 is 28.2 Å². The molecule has 0 fully saturated rings. The molecule has 3 aromatic rings. The third-order valence-corrected chi connectivity index (χ3v) is 4.59. The van der Waals surface area contributed by atoms with Gasteiger partial charge in [0.1, 0.15) is 11.7 Å². The highest BCUT2D eigenvalue weighted by Crippen LogP contribution is 2.33. The summed E-state index contributed by atoms with van der Waals surface area (Å²) in [4.78, 5) is 38.1. The van der Waals surface area contributed by atoms with Gasteiger partial charge in [0.05, 0.1) is 16.1 Å². The monoisotopic (exact) mass is 421 g/mol. The normalized spacial score (nSPS) is 11.2. The number of carbonyl (C=O) groups excluding carboxylic acids is 1. The van der Waals surface area contributed by atoms with Gasteiger partial charge < -0.3 is 10.8 Å². The molecule has 31 heavy (non-hydrogen) atoms. The number of aryl methyl sites for hydroxylation is 1. The lowest BCUT2D eigenvalue weighted by Crippen LogP contribution is -2.17. The van der Waals surface area contributed by atoms with Crippen molar-refractivity contribution >= 4 is 23.4 Å². The first-order valence-electron chi connectivity index (χ1n) is 8.95. The number of nitrogens with zero attached hydrogens (tertiary/aromatic N) is 2. The number of amidine groups is 1. The summed E-state index contributed by atoms with van der Waals surface area (Å²) in [6, 6.07) is 14.1. The van der Waals surface area contributed by atoms with Crippen LogP contribution >= 0.6 is 0 Å². The van der Waals surface area contributed by atoms with E-state index in [-0.39, 0.29) is 22.6 Å². The Morgan fingerprint density at radius 2 is 1.71 bits per heavy atom. The molecule has 156 valence electrons. The van der Waals surface area contributed by atoms with Crippen molar-refractivity contribution < 1.29 is 24.0 Å². The minimum absolute atomic E-state index is 0.00174. The summed E-state index contributed by atoms with van der Waals surface area (Å²) in [5, 5.41) is 20.5. The molecule has 1 amide bonds. The van der Waals surface area contributed by atoms with Gasteiger partial charge in [0, 0.05) is 17.2 Å². The van der Waals surface area contributed by atoms with Crippen LogP contribution in [0.1, 0.15) is 31.8 Å².